The monoisotopic (exact) mass is 359 g/mol. The molecule has 4 rings (SSSR count). The van der Waals surface area contributed by atoms with Crippen LogP contribution >= 0.6 is 0 Å². The number of anilines is 1. The number of hydrogen-bond donors (Lipinski definition) is 1. The number of nitrogens with one attached hydrogen (secondary N) is 1. The van der Waals surface area contributed by atoms with Gasteiger partial charge in [0, 0.05) is 44.7 Å². The smallest absolute Gasteiger partial charge is 0.321 e. The molecular formula is C18H22FN5O2. The van der Waals surface area contributed by atoms with E-state index in [9.17, 15) is 9.18 Å². The highest BCUT2D eigenvalue weighted by molar-refractivity contribution is 5.89. The fourth-order valence-corrected chi connectivity index (χ4v) is 4.13. The van der Waals surface area contributed by atoms with E-state index in [1.165, 1.54) is 6.07 Å². The van der Waals surface area contributed by atoms with E-state index in [0.717, 1.165) is 18.7 Å². The van der Waals surface area contributed by atoms with Gasteiger partial charge in [0.1, 0.15) is 18.0 Å². The SMILES string of the molecule is Cn1cnnc1C1CN(C(=O)Nc2ccccc2F)CC12CCOCC2. The zero-order chi connectivity index (χ0) is 18.1. The zero-order valence-electron chi connectivity index (χ0n) is 14.7. The first-order chi connectivity index (χ1) is 12.6. The Bertz CT molecular complexity index is 802. The minimum absolute atomic E-state index is 0.0778. The summed E-state index contributed by atoms with van der Waals surface area (Å²) >= 11 is 0. The molecule has 2 fully saturated rings. The van der Waals surface area contributed by atoms with Gasteiger partial charge in [0.05, 0.1) is 5.69 Å². The second-order valence-electron chi connectivity index (χ2n) is 7.12. The topological polar surface area (TPSA) is 72.3 Å². The van der Waals surface area contributed by atoms with E-state index >= 15 is 0 Å². The van der Waals surface area contributed by atoms with E-state index in [0.29, 0.717) is 26.3 Å². The third kappa shape index (κ3) is 2.94. The number of carbonyl (C=O) groups excluding carboxylic acids is 1. The van der Waals surface area contributed by atoms with Crippen molar-refractivity contribution in [3.63, 3.8) is 0 Å². The van der Waals surface area contributed by atoms with Gasteiger partial charge in [-0.05, 0) is 25.0 Å². The number of halogens is 1. The summed E-state index contributed by atoms with van der Waals surface area (Å²) < 4.78 is 21.3. The van der Waals surface area contributed by atoms with Crippen LogP contribution in [0.4, 0.5) is 14.9 Å². The number of benzene rings is 1. The molecule has 2 aromatic rings. The molecule has 1 N–H and O–H groups in total. The minimum atomic E-state index is -0.439. The van der Waals surface area contributed by atoms with E-state index < -0.39 is 5.82 Å². The standard InChI is InChI=1S/C18H22FN5O2/c1-23-12-20-22-16(23)13-10-24(11-18(13)6-8-26-9-7-18)17(25)21-15-5-3-2-4-14(15)19/h2-5,12-13H,6-11H2,1H3,(H,21,25). The number of para-hydroxylation sites is 1. The van der Waals surface area contributed by atoms with E-state index in [-0.39, 0.29) is 23.1 Å². The number of nitrogens with zero attached hydrogens (tertiary/aromatic N) is 4. The summed E-state index contributed by atoms with van der Waals surface area (Å²) in [6.07, 6.45) is 3.42. The highest BCUT2D eigenvalue weighted by Gasteiger charge is 2.51. The maximum atomic E-state index is 13.9. The molecule has 0 saturated carbocycles. The quantitative estimate of drug-likeness (QED) is 0.894. The summed E-state index contributed by atoms with van der Waals surface area (Å²) in [5, 5.41) is 11.0. The molecule has 0 bridgehead atoms. The molecule has 1 unspecified atom stereocenters. The fourth-order valence-electron chi connectivity index (χ4n) is 4.13. The van der Waals surface area contributed by atoms with Crippen LogP contribution in [0.25, 0.3) is 0 Å². The molecule has 1 aromatic carbocycles. The van der Waals surface area contributed by atoms with Crippen LogP contribution in [-0.2, 0) is 11.8 Å². The predicted octanol–water partition coefficient (Wildman–Crippen LogP) is 2.38. The summed E-state index contributed by atoms with van der Waals surface area (Å²) in [7, 11) is 1.92. The number of rotatable bonds is 2. The van der Waals surface area contributed by atoms with E-state index in [4.69, 9.17) is 4.74 Å². The van der Waals surface area contributed by atoms with Crippen LogP contribution in [0.3, 0.4) is 0 Å². The molecule has 2 aliphatic heterocycles. The van der Waals surface area contributed by atoms with Crippen molar-refractivity contribution in [2.45, 2.75) is 18.8 Å². The van der Waals surface area contributed by atoms with Gasteiger partial charge in [-0.2, -0.15) is 0 Å². The summed E-state index contributed by atoms with van der Waals surface area (Å²) in [6.45, 7) is 2.50. The maximum absolute atomic E-state index is 13.9. The van der Waals surface area contributed by atoms with Crippen LogP contribution in [-0.4, -0.2) is 52.0 Å². The summed E-state index contributed by atoms with van der Waals surface area (Å²) in [6, 6.07) is 5.91. The number of likely N-dealkylation sites (tertiary alicyclic amines) is 1. The minimum Gasteiger partial charge on any atom is -0.381 e. The second-order valence-corrected chi connectivity index (χ2v) is 7.12. The van der Waals surface area contributed by atoms with Crippen LogP contribution < -0.4 is 5.32 Å². The third-order valence-electron chi connectivity index (χ3n) is 5.60. The van der Waals surface area contributed by atoms with Gasteiger partial charge in [-0.3, -0.25) is 0 Å². The molecule has 3 heterocycles. The van der Waals surface area contributed by atoms with Crippen molar-refractivity contribution in [2.75, 3.05) is 31.6 Å². The molecule has 2 aliphatic rings. The summed E-state index contributed by atoms with van der Waals surface area (Å²) in [5.41, 5.74) is 0.117. The lowest BCUT2D eigenvalue weighted by atomic mass is 9.72. The summed E-state index contributed by atoms with van der Waals surface area (Å²) in [4.78, 5) is 14.5. The van der Waals surface area contributed by atoms with Crippen LogP contribution in [0, 0.1) is 11.2 Å². The van der Waals surface area contributed by atoms with Crippen LogP contribution in [0.1, 0.15) is 24.6 Å². The molecule has 138 valence electrons. The van der Waals surface area contributed by atoms with Gasteiger partial charge >= 0.3 is 6.03 Å². The number of aryl methyl sites for hydroxylation is 1. The molecule has 8 heteroatoms. The van der Waals surface area contributed by atoms with Crippen LogP contribution in [0.15, 0.2) is 30.6 Å². The Morgan fingerprint density at radius 3 is 2.81 bits per heavy atom. The fraction of sp³-hybridized carbons (Fsp3) is 0.500. The number of ether oxygens (including phenoxy) is 1. The number of carbonyl (C=O) groups is 1. The van der Waals surface area contributed by atoms with E-state index in [2.05, 4.69) is 15.5 Å². The average molecular weight is 359 g/mol. The number of urea groups is 1. The summed E-state index contributed by atoms with van der Waals surface area (Å²) in [5.74, 6) is 0.532. The Hall–Kier alpha value is -2.48. The zero-order valence-corrected chi connectivity index (χ0v) is 14.7. The molecule has 0 radical (unpaired) electrons. The van der Waals surface area contributed by atoms with Gasteiger partial charge in [-0.15, -0.1) is 10.2 Å². The first-order valence-electron chi connectivity index (χ1n) is 8.81. The average Bonchev–Trinajstić information content (AvgIpc) is 3.21. The molecule has 26 heavy (non-hydrogen) atoms. The van der Waals surface area contributed by atoms with Crippen molar-refractivity contribution < 1.29 is 13.9 Å². The van der Waals surface area contributed by atoms with Gasteiger partial charge in [0.15, 0.2) is 0 Å². The Balaban J connectivity index is 1.58. The largest absolute Gasteiger partial charge is 0.381 e. The van der Waals surface area contributed by atoms with E-state index in [1.807, 2.05) is 11.6 Å². The Kier molecular flexibility index (Phi) is 4.36. The lowest BCUT2D eigenvalue weighted by Gasteiger charge is -2.37. The molecule has 7 nitrogen and oxygen atoms in total. The van der Waals surface area contributed by atoms with Crippen LogP contribution in [0.2, 0.25) is 0 Å². The number of aromatic nitrogens is 3. The molecular weight excluding hydrogens is 337 g/mol. The lowest BCUT2D eigenvalue weighted by Crippen LogP contribution is -2.38. The van der Waals surface area contributed by atoms with Gasteiger partial charge in [0.25, 0.3) is 0 Å². The van der Waals surface area contributed by atoms with Gasteiger partial charge < -0.3 is 19.5 Å². The molecule has 1 atom stereocenters. The molecule has 2 saturated heterocycles. The second kappa shape index (κ2) is 6.68. The first kappa shape index (κ1) is 17.0. The van der Waals surface area contributed by atoms with E-state index in [1.54, 1.807) is 29.4 Å². The Morgan fingerprint density at radius 1 is 1.35 bits per heavy atom. The van der Waals surface area contributed by atoms with Crippen molar-refractivity contribution in [1.29, 1.82) is 0 Å². The maximum Gasteiger partial charge on any atom is 0.321 e. The van der Waals surface area contributed by atoms with Crippen molar-refractivity contribution >= 4 is 11.7 Å². The van der Waals surface area contributed by atoms with Gasteiger partial charge in [-0.25, -0.2) is 9.18 Å². The van der Waals surface area contributed by atoms with Crippen molar-refractivity contribution in [2.24, 2.45) is 12.5 Å². The van der Waals surface area contributed by atoms with Gasteiger partial charge in [0.2, 0.25) is 0 Å². The molecule has 1 spiro atoms. The normalized spacial score (nSPS) is 21.9. The molecule has 1 aromatic heterocycles. The highest BCUT2D eigenvalue weighted by Crippen LogP contribution is 2.48. The van der Waals surface area contributed by atoms with Crippen molar-refractivity contribution in [3.05, 3.63) is 42.2 Å². The van der Waals surface area contributed by atoms with Crippen LogP contribution in [0.5, 0.6) is 0 Å². The first-order valence-corrected chi connectivity index (χ1v) is 8.81. The Labute approximate surface area is 151 Å². The van der Waals surface area contributed by atoms with Crippen molar-refractivity contribution in [1.82, 2.24) is 19.7 Å². The van der Waals surface area contributed by atoms with Gasteiger partial charge in [-0.1, -0.05) is 12.1 Å². The third-order valence-corrected chi connectivity index (χ3v) is 5.60. The van der Waals surface area contributed by atoms with Crippen molar-refractivity contribution in [3.8, 4) is 0 Å². The number of hydrogen-bond acceptors (Lipinski definition) is 4. The molecule has 2 amide bonds. The highest BCUT2D eigenvalue weighted by atomic mass is 19.1. The molecule has 0 aliphatic carbocycles. The predicted molar refractivity (Wildman–Crippen MR) is 93.2 cm³/mol. The lowest BCUT2D eigenvalue weighted by molar-refractivity contribution is 0.0122. The Morgan fingerprint density at radius 2 is 2.12 bits per heavy atom. The number of amides is 2.